The van der Waals surface area contributed by atoms with Crippen molar-refractivity contribution in [3.8, 4) is 0 Å². The molecule has 0 atom stereocenters. The molecule has 0 spiro atoms. The van der Waals surface area contributed by atoms with Crippen LogP contribution in [-0.4, -0.2) is 28.3 Å². The quantitative estimate of drug-likeness (QED) is 0.0958. The van der Waals surface area contributed by atoms with Crippen LogP contribution in [-0.2, 0) is 8.85 Å². The fourth-order valence-electron chi connectivity index (χ4n) is 4.36. The van der Waals surface area contributed by atoms with E-state index < -0.39 is 8.56 Å². The number of hydrogen-bond donors (Lipinski definition) is 1. The van der Waals surface area contributed by atoms with Crippen LogP contribution in [0.15, 0.2) is 0 Å². The summed E-state index contributed by atoms with van der Waals surface area (Å²) in [4.78, 5) is 0. The van der Waals surface area contributed by atoms with Gasteiger partial charge in [-0.05, 0) is 38.4 Å². The first-order valence-electron chi connectivity index (χ1n) is 14.7. The second-order valence-corrected chi connectivity index (χ2v) is 13.4. The topological polar surface area (TPSA) is 44.5 Å². The summed E-state index contributed by atoms with van der Waals surface area (Å²) < 4.78 is 12.7. The first-order chi connectivity index (χ1) is 15.7. The fraction of sp³-hybridized carbons (Fsp3) is 1.00. The Hall–Kier alpha value is 0.0969. The molecule has 32 heavy (non-hydrogen) atoms. The third-order valence-corrected chi connectivity index (χ3v) is 9.54. The van der Waals surface area contributed by atoms with E-state index >= 15 is 0 Å². The lowest BCUT2D eigenvalue weighted by Gasteiger charge is -2.27. The van der Waals surface area contributed by atoms with E-state index in [1.54, 1.807) is 0 Å². The smallest absolute Gasteiger partial charge is 0.334 e. The van der Waals surface area contributed by atoms with Crippen molar-refractivity contribution in [3.63, 3.8) is 0 Å². The fourth-order valence-corrected chi connectivity index (χ4v) is 6.73. The van der Waals surface area contributed by atoms with Crippen molar-refractivity contribution in [2.45, 2.75) is 161 Å². The predicted molar refractivity (Wildman–Crippen MR) is 146 cm³/mol. The van der Waals surface area contributed by atoms with Gasteiger partial charge in [0.1, 0.15) is 0 Å². The second kappa shape index (κ2) is 25.7. The minimum Gasteiger partial charge on any atom is -0.394 e. The van der Waals surface area contributed by atoms with Gasteiger partial charge >= 0.3 is 8.56 Å². The van der Waals surface area contributed by atoms with Crippen molar-refractivity contribution in [2.75, 3.05) is 19.8 Å². The molecule has 0 aliphatic heterocycles. The predicted octanol–water partition coefficient (Wildman–Crippen LogP) is 9.28. The first-order valence-corrected chi connectivity index (χ1v) is 17.2. The first kappa shape index (κ1) is 32.1. The average Bonchev–Trinajstić information content (AvgIpc) is 2.80. The van der Waals surface area contributed by atoms with Crippen molar-refractivity contribution >= 4 is 8.56 Å². The van der Waals surface area contributed by atoms with Gasteiger partial charge in [0, 0.05) is 13.2 Å². The van der Waals surface area contributed by atoms with Gasteiger partial charge in [0.2, 0.25) is 0 Å². The zero-order valence-corrected chi connectivity index (χ0v) is 23.6. The van der Waals surface area contributed by atoms with E-state index in [0.29, 0.717) is 0 Å². The number of hydrogen-bond acceptors (Lipinski definition) is 3. The van der Waals surface area contributed by atoms with Crippen LogP contribution in [0.25, 0.3) is 0 Å². The van der Waals surface area contributed by atoms with Crippen LogP contribution in [0.5, 0.6) is 0 Å². The van der Waals surface area contributed by atoms with E-state index in [4.69, 9.17) is 14.6 Å². The van der Waals surface area contributed by atoms with E-state index in [0.717, 1.165) is 32.2 Å². The summed E-state index contributed by atoms with van der Waals surface area (Å²) in [5.74, 6) is 0. The van der Waals surface area contributed by atoms with E-state index in [9.17, 15) is 0 Å². The second-order valence-electron chi connectivity index (χ2n) is 10.1. The molecule has 0 fully saturated rings. The normalized spacial score (nSPS) is 12.0. The highest BCUT2D eigenvalue weighted by Crippen LogP contribution is 2.18. The van der Waals surface area contributed by atoms with Crippen LogP contribution in [0.3, 0.4) is 0 Å². The van der Waals surface area contributed by atoms with Crippen LogP contribution >= 0.6 is 0 Å². The summed E-state index contributed by atoms with van der Waals surface area (Å²) in [6, 6.07) is 1.04. The van der Waals surface area contributed by atoms with Crippen LogP contribution in [0.1, 0.15) is 149 Å². The summed E-state index contributed by atoms with van der Waals surface area (Å²) in [6.45, 7) is 9.33. The Kier molecular flexibility index (Phi) is 25.8. The molecule has 3 nitrogen and oxygen atoms in total. The molecular weight excluding hydrogens is 410 g/mol. The van der Waals surface area contributed by atoms with E-state index in [1.807, 2.05) is 0 Å². The molecule has 0 aliphatic carbocycles. The summed E-state index contributed by atoms with van der Waals surface area (Å²) in [5, 5.41) is 0. The molecule has 0 amide bonds. The highest BCUT2D eigenvalue weighted by molar-refractivity contribution is 6.66. The Morgan fingerprint density at radius 1 is 0.469 bits per heavy atom. The molecule has 0 saturated carbocycles. The standard InChI is InChI=1S/C28H61NO2Si/c1-4-6-8-10-12-14-16-18-20-22-26-30-32(3,28-24-25-29)31-27-23-21-19-17-15-13-11-9-7-5-2/h4-29H2,1-3H3. The monoisotopic (exact) mass is 471 g/mol. The van der Waals surface area contributed by atoms with Gasteiger partial charge in [0.15, 0.2) is 0 Å². The van der Waals surface area contributed by atoms with Gasteiger partial charge < -0.3 is 14.6 Å². The highest BCUT2D eigenvalue weighted by atomic mass is 28.4. The van der Waals surface area contributed by atoms with Crippen molar-refractivity contribution in [2.24, 2.45) is 5.73 Å². The SMILES string of the molecule is CCCCCCCCCCCCO[Si](C)(CCCN)OCCCCCCCCCCCC. The lowest BCUT2D eigenvalue weighted by Crippen LogP contribution is -2.39. The molecule has 0 unspecified atom stereocenters. The molecule has 0 aromatic heterocycles. The summed E-state index contributed by atoms with van der Waals surface area (Å²) in [6.07, 6.45) is 28.4. The van der Waals surface area contributed by atoms with Crippen molar-refractivity contribution < 1.29 is 8.85 Å². The third kappa shape index (κ3) is 23.3. The number of unbranched alkanes of at least 4 members (excludes halogenated alkanes) is 18. The van der Waals surface area contributed by atoms with Crippen LogP contribution in [0.2, 0.25) is 12.6 Å². The average molecular weight is 472 g/mol. The van der Waals surface area contributed by atoms with Gasteiger partial charge in [-0.2, -0.15) is 0 Å². The van der Waals surface area contributed by atoms with Crippen molar-refractivity contribution in [1.29, 1.82) is 0 Å². The van der Waals surface area contributed by atoms with E-state index in [2.05, 4.69) is 20.4 Å². The minimum atomic E-state index is -2.04. The molecular formula is C28H61NO2Si. The molecule has 0 radical (unpaired) electrons. The Labute approximate surface area is 204 Å². The Balaban J connectivity index is 3.69. The molecule has 0 aliphatic rings. The van der Waals surface area contributed by atoms with Crippen LogP contribution in [0, 0.1) is 0 Å². The molecule has 0 bridgehead atoms. The van der Waals surface area contributed by atoms with Crippen LogP contribution < -0.4 is 5.73 Å². The largest absolute Gasteiger partial charge is 0.394 e. The molecule has 194 valence electrons. The summed E-state index contributed by atoms with van der Waals surface area (Å²) in [5.41, 5.74) is 5.77. The van der Waals surface area contributed by atoms with Gasteiger partial charge in [0.05, 0.1) is 0 Å². The lowest BCUT2D eigenvalue weighted by molar-refractivity contribution is 0.166. The highest BCUT2D eigenvalue weighted by Gasteiger charge is 2.30. The number of nitrogens with two attached hydrogens (primary N) is 1. The van der Waals surface area contributed by atoms with Gasteiger partial charge in [-0.15, -0.1) is 0 Å². The van der Waals surface area contributed by atoms with Crippen molar-refractivity contribution in [1.82, 2.24) is 0 Å². The summed E-state index contributed by atoms with van der Waals surface area (Å²) >= 11 is 0. The molecule has 4 heteroatoms. The zero-order valence-electron chi connectivity index (χ0n) is 22.6. The maximum atomic E-state index is 6.36. The Morgan fingerprint density at radius 3 is 1.09 bits per heavy atom. The van der Waals surface area contributed by atoms with Gasteiger partial charge in [-0.25, -0.2) is 0 Å². The Bertz CT molecular complexity index is 328. The zero-order chi connectivity index (χ0) is 23.6. The molecule has 0 aromatic carbocycles. The molecule has 2 N–H and O–H groups in total. The molecule has 0 saturated heterocycles. The third-order valence-electron chi connectivity index (χ3n) is 6.65. The van der Waals surface area contributed by atoms with E-state index in [-0.39, 0.29) is 0 Å². The molecule has 0 rings (SSSR count). The molecule has 0 heterocycles. The lowest BCUT2D eigenvalue weighted by atomic mass is 10.1. The maximum Gasteiger partial charge on any atom is 0.334 e. The van der Waals surface area contributed by atoms with Crippen molar-refractivity contribution in [3.05, 3.63) is 0 Å². The van der Waals surface area contributed by atoms with Crippen LogP contribution in [0.4, 0.5) is 0 Å². The van der Waals surface area contributed by atoms with Gasteiger partial charge in [0.25, 0.3) is 0 Å². The Morgan fingerprint density at radius 2 is 0.781 bits per heavy atom. The van der Waals surface area contributed by atoms with Gasteiger partial charge in [-0.3, -0.25) is 0 Å². The van der Waals surface area contributed by atoms with E-state index in [1.165, 1.54) is 128 Å². The minimum absolute atomic E-state index is 0.742. The molecule has 0 aromatic rings. The number of rotatable bonds is 27. The summed E-state index contributed by atoms with van der Waals surface area (Å²) in [7, 11) is -2.04. The van der Waals surface area contributed by atoms with Gasteiger partial charge in [-0.1, -0.05) is 129 Å². The maximum absolute atomic E-state index is 6.36.